The lowest BCUT2D eigenvalue weighted by molar-refractivity contribution is -0.123. The Morgan fingerprint density at radius 3 is 2.61 bits per heavy atom. The minimum Gasteiger partial charge on any atom is -0.484 e. The SMILES string of the molecule is O=C(COc1ccc2ccccc2c1)N[C@@H]1CC(=O)N(c2ccc(Cl)cc2)C1. The molecule has 1 heterocycles. The quantitative estimate of drug-likeness (QED) is 0.716. The van der Waals surface area contributed by atoms with Gasteiger partial charge in [-0.2, -0.15) is 0 Å². The highest BCUT2D eigenvalue weighted by Gasteiger charge is 2.31. The highest BCUT2D eigenvalue weighted by molar-refractivity contribution is 6.30. The molecule has 28 heavy (non-hydrogen) atoms. The lowest BCUT2D eigenvalue weighted by Crippen LogP contribution is -2.39. The van der Waals surface area contributed by atoms with Crippen molar-refractivity contribution in [2.24, 2.45) is 0 Å². The number of fused-ring (bicyclic) bond motifs is 1. The van der Waals surface area contributed by atoms with Gasteiger partial charge in [0.2, 0.25) is 5.91 Å². The Morgan fingerprint density at radius 1 is 1.07 bits per heavy atom. The van der Waals surface area contributed by atoms with Crippen LogP contribution in [0.3, 0.4) is 0 Å². The molecule has 0 saturated carbocycles. The van der Waals surface area contributed by atoms with Crippen LogP contribution in [0.2, 0.25) is 5.02 Å². The molecule has 3 aromatic rings. The third-order valence-electron chi connectivity index (χ3n) is 4.72. The summed E-state index contributed by atoms with van der Waals surface area (Å²) in [5.41, 5.74) is 0.776. The Morgan fingerprint density at radius 2 is 1.82 bits per heavy atom. The van der Waals surface area contributed by atoms with E-state index in [9.17, 15) is 9.59 Å². The van der Waals surface area contributed by atoms with Crippen LogP contribution in [0.5, 0.6) is 5.75 Å². The predicted octanol–water partition coefficient (Wildman–Crippen LogP) is 3.79. The van der Waals surface area contributed by atoms with Gasteiger partial charge in [0.25, 0.3) is 5.91 Å². The second kappa shape index (κ2) is 7.90. The zero-order valence-electron chi connectivity index (χ0n) is 15.1. The van der Waals surface area contributed by atoms with Crippen LogP contribution in [0.25, 0.3) is 10.8 Å². The normalized spacial score (nSPS) is 16.4. The van der Waals surface area contributed by atoms with Crippen LogP contribution in [0.1, 0.15) is 6.42 Å². The van der Waals surface area contributed by atoms with E-state index >= 15 is 0 Å². The molecule has 5 nitrogen and oxygen atoms in total. The summed E-state index contributed by atoms with van der Waals surface area (Å²) in [6.45, 7) is 0.339. The van der Waals surface area contributed by atoms with Crippen molar-refractivity contribution in [2.75, 3.05) is 18.1 Å². The van der Waals surface area contributed by atoms with Crippen molar-refractivity contribution in [2.45, 2.75) is 12.5 Å². The molecule has 0 aliphatic carbocycles. The average Bonchev–Trinajstić information content (AvgIpc) is 3.06. The van der Waals surface area contributed by atoms with Crippen LogP contribution in [0.15, 0.2) is 66.7 Å². The molecule has 0 radical (unpaired) electrons. The van der Waals surface area contributed by atoms with Gasteiger partial charge in [-0.15, -0.1) is 0 Å². The van der Waals surface area contributed by atoms with E-state index in [1.165, 1.54) is 0 Å². The maximum atomic E-state index is 12.3. The number of anilines is 1. The molecular weight excluding hydrogens is 376 g/mol. The minimum atomic E-state index is -0.246. The Kier molecular flexibility index (Phi) is 5.17. The number of benzene rings is 3. The van der Waals surface area contributed by atoms with Crippen molar-refractivity contribution in [3.8, 4) is 5.75 Å². The van der Waals surface area contributed by atoms with Gasteiger partial charge < -0.3 is 15.0 Å². The van der Waals surface area contributed by atoms with Gasteiger partial charge in [-0.05, 0) is 47.2 Å². The molecule has 0 bridgehead atoms. The van der Waals surface area contributed by atoms with E-state index in [1.807, 2.05) is 42.5 Å². The van der Waals surface area contributed by atoms with Gasteiger partial charge in [-0.1, -0.05) is 41.9 Å². The summed E-state index contributed by atoms with van der Waals surface area (Å²) in [5, 5.41) is 5.66. The summed E-state index contributed by atoms with van der Waals surface area (Å²) >= 11 is 5.90. The molecule has 3 aromatic carbocycles. The van der Waals surface area contributed by atoms with Crippen molar-refractivity contribution in [1.29, 1.82) is 0 Å². The van der Waals surface area contributed by atoms with E-state index in [4.69, 9.17) is 16.3 Å². The van der Waals surface area contributed by atoms with Gasteiger partial charge in [0.05, 0.1) is 6.04 Å². The van der Waals surface area contributed by atoms with E-state index < -0.39 is 0 Å². The van der Waals surface area contributed by atoms with Gasteiger partial charge in [0.1, 0.15) is 5.75 Å². The van der Waals surface area contributed by atoms with Gasteiger partial charge >= 0.3 is 0 Å². The number of hydrogen-bond donors (Lipinski definition) is 1. The van der Waals surface area contributed by atoms with E-state index in [0.29, 0.717) is 17.3 Å². The molecule has 2 amide bonds. The van der Waals surface area contributed by atoms with Crippen molar-refractivity contribution >= 4 is 39.9 Å². The van der Waals surface area contributed by atoms with E-state index in [2.05, 4.69) is 5.32 Å². The predicted molar refractivity (Wildman–Crippen MR) is 110 cm³/mol. The van der Waals surface area contributed by atoms with Crippen molar-refractivity contribution in [1.82, 2.24) is 5.32 Å². The number of hydrogen-bond acceptors (Lipinski definition) is 3. The Hall–Kier alpha value is -3.05. The first-order chi connectivity index (χ1) is 13.6. The van der Waals surface area contributed by atoms with E-state index in [-0.39, 0.29) is 30.9 Å². The number of nitrogens with one attached hydrogen (secondary N) is 1. The van der Waals surface area contributed by atoms with Gasteiger partial charge in [-0.25, -0.2) is 0 Å². The molecule has 1 saturated heterocycles. The molecule has 4 rings (SSSR count). The topological polar surface area (TPSA) is 58.6 Å². The molecule has 1 aliphatic heterocycles. The maximum absolute atomic E-state index is 12.3. The zero-order valence-corrected chi connectivity index (χ0v) is 15.9. The fraction of sp³-hybridized carbons (Fsp3) is 0.182. The summed E-state index contributed by atoms with van der Waals surface area (Å²) in [6, 6.07) is 20.5. The molecule has 142 valence electrons. The maximum Gasteiger partial charge on any atom is 0.258 e. The first-order valence-corrected chi connectivity index (χ1v) is 9.43. The summed E-state index contributed by atoms with van der Waals surface area (Å²) in [6.07, 6.45) is 0.268. The molecule has 6 heteroatoms. The van der Waals surface area contributed by atoms with Gasteiger partial charge in [0.15, 0.2) is 6.61 Å². The standard InChI is InChI=1S/C22H19ClN2O3/c23-17-6-8-19(9-7-17)25-13-18(12-22(25)27)24-21(26)14-28-20-10-5-15-3-1-2-4-16(15)11-20/h1-11,18H,12-14H2,(H,24,26)/t18-/m1/s1. The minimum absolute atomic E-state index is 0.0249. The molecule has 1 N–H and O–H groups in total. The monoisotopic (exact) mass is 394 g/mol. The average molecular weight is 395 g/mol. The van der Waals surface area contributed by atoms with Crippen LogP contribution in [0.4, 0.5) is 5.69 Å². The Bertz CT molecular complexity index is 1020. The first kappa shape index (κ1) is 18.3. The fourth-order valence-corrected chi connectivity index (χ4v) is 3.48. The third-order valence-corrected chi connectivity index (χ3v) is 4.97. The Labute approximate surface area is 167 Å². The van der Waals surface area contributed by atoms with Gasteiger partial charge in [-0.3, -0.25) is 9.59 Å². The fourth-order valence-electron chi connectivity index (χ4n) is 3.35. The van der Waals surface area contributed by atoms with Crippen LogP contribution < -0.4 is 15.0 Å². The number of rotatable bonds is 5. The molecule has 1 fully saturated rings. The molecule has 0 aromatic heterocycles. The van der Waals surface area contributed by atoms with Gasteiger partial charge in [0, 0.05) is 23.7 Å². The molecule has 0 spiro atoms. The number of carbonyl (C=O) groups is 2. The summed E-state index contributed by atoms with van der Waals surface area (Å²) < 4.78 is 5.61. The first-order valence-electron chi connectivity index (χ1n) is 9.05. The highest BCUT2D eigenvalue weighted by atomic mass is 35.5. The lowest BCUT2D eigenvalue weighted by atomic mass is 10.1. The molecule has 1 atom stereocenters. The third kappa shape index (κ3) is 4.10. The highest BCUT2D eigenvalue weighted by Crippen LogP contribution is 2.24. The second-order valence-corrected chi connectivity index (χ2v) is 7.18. The summed E-state index contributed by atoms with van der Waals surface area (Å²) in [7, 11) is 0. The molecular formula is C22H19ClN2O3. The zero-order chi connectivity index (χ0) is 19.5. The molecule has 1 aliphatic rings. The van der Waals surface area contributed by atoms with Crippen LogP contribution in [0, 0.1) is 0 Å². The van der Waals surface area contributed by atoms with Crippen molar-refractivity contribution in [3.63, 3.8) is 0 Å². The second-order valence-electron chi connectivity index (χ2n) is 6.75. The number of nitrogens with zero attached hydrogens (tertiary/aromatic N) is 1. The summed E-state index contributed by atoms with van der Waals surface area (Å²) in [4.78, 5) is 26.2. The smallest absolute Gasteiger partial charge is 0.258 e. The summed E-state index contributed by atoms with van der Waals surface area (Å²) in [5.74, 6) is 0.367. The number of amides is 2. The number of halogens is 1. The van der Waals surface area contributed by atoms with Crippen LogP contribution in [-0.4, -0.2) is 31.0 Å². The molecule has 0 unspecified atom stereocenters. The van der Waals surface area contributed by atoms with E-state index in [0.717, 1.165) is 16.5 Å². The van der Waals surface area contributed by atoms with Crippen molar-refractivity contribution < 1.29 is 14.3 Å². The number of carbonyl (C=O) groups excluding carboxylic acids is 2. The lowest BCUT2D eigenvalue weighted by Gasteiger charge is -2.17. The largest absolute Gasteiger partial charge is 0.484 e. The van der Waals surface area contributed by atoms with E-state index in [1.54, 1.807) is 29.2 Å². The Balaban J connectivity index is 1.32. The van der Waals surface area contributed by atoms with Crippen LogP contribution in [-0.2, 0) is 9.59 Å². The number of ether oxygens (including phenoxy) is 1. The van der Waals surface area contributed by atoms with Crippen molar-refractivity contribution in [3.05, 3.63) is 71.8 Å². The van der Waals surface area contributed by atoms with Crippen LogP contribution >= 0.6 is 11.6 Å².